The van der Waals surface area contributed by atoms with Crippen molar-refractivity contribution >= 4 is 62.8 Å². The minimum absolute atomic E-state index is 0. The summed E-state index contributed by atoms with van der Waals surface area (Å²) in [4.78, 5) is 0. The van der Waals surface area contributed by atoms with Crippen molar-refractivity contribution in [3.8, 4) is 0 Å². The molecule has 30 valence electrons. The van der Waals surface area contributed by atoms with Gasteiger partial charge in [0.2, 0.25) is 0 Å². The lowest BCUT2D eigenvalue weighted by Gasteiger charge is -1.07. The predicted molar refractivity (Wildman–Crippen MR) is 50.3 cm³/mol. The van der Waals surface area contributed by atoms with Crippen molar-refractivity contribution in [2.24, 2.45) is 0 Å². The van der Waals surface area contributed by atoms with Crippen LogP contribution >= 0.6 is 62.8 Å². The Labute approximate surface area is 62.2 Å². The molecule has 0 N–H and O–H groups in total. The van der Waals surface area contributed by atoms with E-state index in [9.17, 15) is 0 Å². The van der Waals surface area contributed by atoms with Crippen LogP contribution in [0.25, 0.3) is 0 Å². The third-order valence-electron chi connectivity index (χ3n) is 0. The van der Waals surface area contributed by atoms with Crippen LogP contribution in [-0.2, 0) is 0 Å². The average molecular weight is 322 g/mol. The van der Waals surface area contributed by atoms with Gasteiger partial charge in [-0.05, 0) is 0 Å². The fraction of sp³-hybridized carbons (Fsp3) is 0. The minimum atomic E-state index is 0. The van der Waals surface area contributed by atoms with Crippen LogP contribution in [0.1, 0.15) is 0 Å². The zero-order valence-corrected chi connectivity index (χ0v) is 9.13. The third kappa shape index (κ3) is 8.85. The second-order valence-corrected chi connectivity index (χ2v) is 0. The summed E-state index contributed by atoms with van der Waals surface area (Å²) in [5.74, 6) is 0. The van der Waals surface area contributed by atoms with Crippen molar-refractivity contribution in [1.82, 2.24) is 0 Å². The van der Waals surface area contributed by atoms with Crippen molar-refractivity contribution in [2.75, 3.05) is 0 Å². The van der Waals surface area contributed by atoms with Gasteiger partial charge in [0.1, 0.15) is 0 Å². The molecule has 0 aliphatic rings. The maximum absolute atomic E-state index is 2.39. The van der Waals surface area contributed by atoms with E-state index in [1.54, 1.807) is 0 Å². The number of hydrogen-bond acceptors (Lipinski definition) is 0. The summed E-state index contributed by atoms with van der Waals surface area (Å²) in [6.07, 6.45) is 0. The summed E-state index contributed by atoms with van der Waals surface area (Å²) in [6, 6.07) is 0. The lowest BCUT2D eigenvalue weighted by Crippen LogP contribution is -0.127. The van der Waals surface area contributed by atoms with Gasteiger partial charge in [-0.2, -0.15) is 9.90 Å². The monoisotopic (exact) mass is 322 g/mol. The van der Waals surface area contributed by atoms with Crippen molar-refractivity contribution in [2.45, 2.75) is 0 Å². The van der Waals surface area contributed by atoms with Crippen molar-refractivity contribution < 1.29 is 0 Å². The second kappa shape index (κ2) is 18.4. The van der Waals surface area contributed by atoms with Gasteiger partial charge >= 0.3 is 0 Å². The van der Waals surface area contributed by atoms with Gasteiger partial charge in [-0.25, -0.2) is 0 Å². The van der Waals surface area contributed by atoms with E-state index in [4.69, 9.17) is 0 Å². The molecule has 0 spiro atoms. The molecule has 0 bridgehead atoms. The quantitative estimate of drug-likeness (QED) is 0.472. The van der Waals surface area contributed by atoms with Crippen molar-refractivity contribution in [1.29, 1.82) is 0 Å². The molecule has 0 fully saturated rings. The highest BCUT2D eigenvalue weighted by atomic mass is 127. The van der Waals surface area contributed by atoms with Crippen LogP contribution in [0, 0.1) is 0 Å². The standard InChI is InChI=1S/H2IP.HI.H3P/c1-2;;/h2H2;1H;1H3. The molecule has 2 atom stereocenters. The normalized spacial score (nSPS) is 1.50. The first-order chi connectivity index (χ1) is 1.00. The minimum Gasteiger partial charge on any atom is -0.153 e. The first kappa shape index (κ1) is 16.2. The first-order valence-electron chi connectivity index (χ1n) is 0.218. The summed E-state index contributed by atoms with van der Waals surface area (Å²) >= 11 is 2.07. The fourth-order valence-electron chi connectivity index (χ4n) is 0. The molecule has 4 heteroatoms. The molecular weight excluding hydrogens is 316 g/mol. The van der Waals surface area contributed by atoms with E-state index in [0.717, 1.165) is 0 Å². The summed E-state index contributed by atoms with van der Waals surface area (Å²) in [7, 11) is 0. The van der Waals surface area contributed by atoms with Gasteiger partial charge in [0.25, 0.3) is 0 Å². The largest absolute Gasteiger partial charge is 0.153 e. The number of rotatable bonds is 0. The molecule has 0 aliphatic heterocycles. The summed E-state index contributed by atoms with van der Waals surface area (Å²) in [5.41, 5.74) is 0. The molecule has 0 aromatic rings. The summed E-state index contributed by atoms with van der Waals surface area (Å²) in [6.45, 7) is 2.39. The van der Waals surface area contributed by atoms with E-state index in [1.165, 1.54) is 0 Å². The van der Waals surface area contributed by atoms with Crippen molar-refractivity contribution in [3.63, 3.8) is 0 Å². The Morgan fingerprint density at radius 1 is 1.25 bits per heavy atom. The van der Waals surface area contributed by atoms with Crippen molar-refractivity contribution in [3.05, 3.63) is 0 Å². The Balaban J connectivity index is -0.00000000500. The molecular formula is H6I2P2. The average Bonchev–Trinajstić information content (AvgIpc) is 1.00. The van der Waals surface area contributed by atoms with Gasteiger partial charge in [-0.3, -0.25) is 0 Å². The Morgan fingerprint density at radius 2 is 1.25 bits per heavy atom. The Kier molecular flexibility index (Phi) is 74.8. The molecule has 0 amide bonds. The molecule has 0 aromatic carbocycles. The van der Waals surface area contributed by atoms with Crippen LogP contribution in [0.3, 0.4) is 0 Å². The lowest BCUT2D eigenvalue weighted by atomic mass is 31.0. The van der Waals surface area contributed by atoms with Gasteiger partial charge in [-0.15, -0.1) is 24.0 Å². The molecule has 0 rings (SSSR count). The molecule has 0 aromatic heterocycles. The first-order valence-corrected chi connectivity index (χ1v) is 4.39. The molecule has 0 nitrogen and oxygen atoms in total. The fourth-order valence-corrected chi connectivity index (χ4v) is 0. The van der Waals surface area contributed by atoms with E-state index in [-0.39, 0.29) is 33.9 Å². The smallest absolute Gasteiger partial charge is 0.0610 e. The maximum Gasteiger partial charge on any atom is -0.0610 e. The lowest BCUT2D eigenvalue weighted by molar-refractivity contribution is 6.78. The summed E-state index contributed by atoms with van der Waals surface area (Å²) < 4.78 is 0. The van der Waals surface area contributed by atoms with Gasteiger partial charge in [0.05, 0.1) is 0 Å². The highest BCUT2D eigenvalue weighted by Gasteiger charge is 0.934. The molecule has 0 saturated carbocycles. The second-order valence-electron chi connectivity index (χ2n) is 0. The van der Waals surface area contributed by atoms with Crippen LogP contribution < -0.4 is 0 Å². The van der Waals surface area contributed by atoms with Crippen LogP contribution in [0.4, 0.5) is 0 Å². The van der Waals surface area contributed by atoms with Crippen LogP contribution in [0.5, 0.6) is 0 Å². The molecule has 4 heavy (non-hydrogen) atoms. The molecule has 0 aliphatic carbocycles. The highest BCUT2D eigenvalue weighted by molar-refractivity contribution is 14.2. The molecule has 0 heterocycles. The number of halogens is 2. The molecule has 0 saturated heterocycles. The maximum atomic E-state index is 2.39. The summed E-state index contributed by atoms with van der Waals surface area (Å²) in [5, 5.41) is 0. The van der Waals surface area contributed by atoms with Gasteiger partial charge in [-0.1, -0.05) is 28.9 Å². The molecule has 0 radical (unpaired) electrons. The van der Waals surface area contributed by atoms with Crippen LogP contribution in [0.15, 0.2) is 0 Å². The highest BCUT2D eigenvalue weighted by Crippen LogP contribution is 1.87. The zero-order chi connectivity index (χ0) is 2.00. The van der Waals surface area contributed by atoms with E-state index >= 15 is 0 Å². The van der Waals surface area contributed by atoms with E-state index in [1.807, 2.05) is 0 Å². The SMILES string of the molecule is I.P.PI. The Morgan fingerprint density at radius 3 is 1.25 bits per heavy atom. The van der Waals surface area contributed by atoms with Gasteiger partial charge in [0.15, 0.2) is 0 Å². The van der Waals surface area contributed by atoms with Crippen LogP contribution in [0.2, 0.25) is 0 Å². The Hall–Kier alpha value is 2.32. The van der Waals surface area contributed by atoms with E-state index < -0.39 is 0 Å². The molecule has 2 unspecified atom stereocenters. The number of hydrogen-bond donors (Lipinski definition) is 0. The third-order valence-corrected chi connectivity index (χ3v) is 0. The van der Waals surface area contributed by atoms with E-state index in [0.29, 0.717) is 0 Å². The van der Waals surface area contributed by atoms with Gasteiger partial charge < -0.3 is 0 Å². The Bertz CT molecular complexity index is 4.00. The zero-order valence-electron chi connectivity index (χ0n) is 2.07. The van der Waals surface area contributed by atoms with E-state index in [2.05, 4.69) is 28.9 Å². The topological polar surface area (TPSA) is 0 Å². The van der Waals surface area contributed by atoms with Crippen LogP contribution in [-0.4, -0.2) is 0 Å². The van der Waals surface area contributed by atoms with Gasteiger partial charge in [0, 0.05) is 0 Å². The predicted octanol–water partition coefficient (Wildman–Crippen LogP) is 1.89.